The number of benzene rings is 1. The van der Waals surface area contributed by atoms with Crippen LogP contribution in [-0.2, 0) is 22.6 Å². The standard InChI is InChI=1S/C21H36N4O3.HI/c1-4-22-20(23-14-18-6-8-19(9-7-18)15-27-5-2)24-16-21(3,26)17-25-10-12-28-13-11-25;/h6-9,26H,4-5,10-17H2,1-3H3,(H2,22,23,24);1H. The lowest BCUT2D eigenvalue weighted by molar-refractivity contribution is -0.0201. The van der Waals surface area contributed by atoms with Crippen LogP contribution in [0.15, 0.2) is 29.3 Å². The molecule has 1 aliphatic rings. The van der Waals surface area contributed by atoms with E-state index in [1.165, 1.54) is 5.56 Å². The Hall–Kier alpha value is -0.940. The number of rotatable bonds is 10. The number of hydrogen-bond acceptors (Lipinski definition) is 5. The molecular weight excluding hydrogens is 483 g/mol. The van der Waals surface area contributed by atoms with Crippen LogP contribution in [-0.4, -0.2) is 74.1 Å². The van der Waals surface area contributed by atoms with Crippen molar-refractivity contribution >= 4 is 29.9 Å². The molecule has 1 fully saturated rings. The molecule has 0 spiro atoms. The van der Waals surface area contributed by atoms with Crippen LogP contribution in [0, 0.1) is 0 Å². The Bertz CT molecular complexity index is 590. The van der Waals surface area contributed by atoms with E-state index in [4.69, 9.17) is 9.47 Å². The summed E-state index contributed by atoms with van der Waals surface area (Å²) in [4.78, 5) is 6.88. The maximum absolute atomic E-state index is 10.7. The smallest absolute Gasteiger partial charge is 0.191 e. The number of hydrogen-bond donors (Lipinski definition) is 3. The summed E-state index contributed by atoms with van der Waals surface area (Å²) in [5.74, 6) is 0.711. The highest BCUT2D eigenvalue weighted by molar-refractivity contribution is 14.0. The monoisotopic (exact) mass is 520 g/mol. The molecule has 0 bridgehead atoms. The zero-order chi connectivity index (χ0) is 20.2. The number of halogens is 1. The number of ether oxygens (including phenoxy) is 2. The minimum absolute atomic E-state index is 0. The van der Waals surface area contributed by atoms with Gasteiger partial charge in [0.15, 0.2) is 5.96 Å². The van der Waals surface area contributed by atoms with Gasteiger partial charge in [0.2, 0.25) is 0 Å². The zero-order valence-corrected chi connectivity index (χ0v) is 20.3. The van der Waals surface area contributed by atoms with Gasteiger partial charge in [0.05, 0.1) is 32.0 Å². The third-order valence-corrected chi connectivity index (χ3v) is 4.56. The van der Waals surface area contributed by atoms with Gasteiger partial charge >= 0.3 is 0 Å². The normalized spacial score (nSPS) is 17.3. The Morgan fingerprint density at radius 1 is 1.17 bits per heavy atom. The molecule has 8 heteroatoms. The molecule has 29 heavy (non-hydrogen) atoms. The predicted octanol–water partition coefficient (Wildman–Crippen LogP) is 1.98. The first-order valence-electron chi connectivity index (χ1n) is 10.2. The van der Waals surface area contributed by atoms with Crippen LogP contribution in [0.25, 0.3) is 0 Å². The fourth-order valence-corrected chi connectivity index (χ4v) is 3.04. The molecule has 1 heterocycles. The summed E-state index contributed by atoms with van der Waals surface area (Å²) in [7, 11) is 0. The van der Waals surface area contributed by atoms with E-state index in [1.807, 2.05) is 20.8 Å². The van der Waals surface area contributed by atoms with Crippen molar-refractivity contribution in [1.29, 1.82) is 0 Å². The van der Waals surface area contributed by atoms with E-state index in [2.05, 4.69) is 44.8 Å². The topological polar surface area (TPSA) is 78.4 Å². The molecule has 0 aromatic heterocycles. The maximum Gasteiger partial charge on any atom is 0.191 e. The Kier molecular flexibility index (Phi) is 12.7. The van der Waals surface area contributed by atoms with Gasteiger partial charge < -0.3 is 25.2 Å². The molecule has 1 aliphatic heterocycles. The third kappa shape index (κ3) is 10.6. The summed E-state index contributed by atoms with van der Waals surface area (Å²) in [6.07, 6.45) is 0. The van der Waals surface area contributed by atoms with E-state index >= 15 is 0 Å². The number of nitrogens with one attached hydrogen (secondary N) is 2. The molecule has 2 rings (SSSR count). The third-order valence-electron chi connectivity index (χ3n) is 4.56. The molecule has 1 aromatic carbocycles. The van der Waals surface area contributed by atoms with Crippen molar-refractivity contribution in [2.24, 2.45) is 4.99 Å². The van der Waals surface area contributed by atoms with E-state index < -0.39 is 5.60 Å². The van der Waals surface area contributed by atoms with Crippen LogP contribution in [0.2, 0.25) is 0 Å². The lowest BCUT2D eigenvalue weighted by Gasteiger charge is -2.34. The first-order chi connectivity index (χ1) is 13.5. The number of nitrogens with zero attached hydrogens (tertiary/aromatic N) is 2. The Morgan fingerprint density at radius 2 is 1.83 bits per heavy atom. The van der Waals surface area contributed by atoms with Gasteiger partial charge in [-0.15, -0.1) is 24.0 Å². The summed E-state index contributed by atoms with van der Waals surface area (Å²) < 4.78 is 10.8. The zero-order valence-electron chi connectivity index (χ0n) is 17.9. The Morgan fingerprint density at radius 3 is 2.45 bits per heavy atom. The minimum Gasteiger partial charge on any atom is -0.387 e. The van der Waals surface area contributed by atoms with Crippen molar-refractivity contribution in [3.8, 4) is 0 Å². The van der Waals surface area contributed by atoms with Gasteiger partial charge in [-0.3, -0.25) is 4.90 Å². The molecule has 166 valence electrons. The number of guanidine groups is 1. The fraction of sp³-hybridized carbons (Fsp3) is 0.667. The van der Waals surface area contributed by atoms with Crippen molar-refractivity contribution < 1.29 is 14.6 Å². The second-order valence-corrected chi connectivity index (χ2v) is 7.39. The molecule has 1 saturated heterocycles. The SMILES string of the molecule is CCNC(=NCc1ccc(COCC)cc1)NCC(C)(O)CN1CCOCC1.I. The summed E-state index contributed by atoms with van der Waals surface area (Å²) in [5, 5.41) is 17.2. The summed E-state index contributed by atoms with van der Waals surface area (Å²) in [6.45, 7) is 12.8. The van der Waals surface area contributed by atoms with Crippen LogP contribution >= 0.6 is 24.0 Å². The first-order valence-corrected chi connectivity index (χ1v) is 10.2. The molecule has 3 N–H and O–H groups in total. The molecule has 1 aromatic rings. The van der Waals surface area contributed by atoms with Gasteiger partial charge in [0, 0.05) is 39.3 Å². The van der Waals surface area contributed by atoms with Crippen LogP contribution in [0.4, 0.5) is 0 Å². The largest absolute Gasteiger partial charge is 0.387 e. The fourth-order valence-electron chi connectivity index (χ4n) is 3.04. The maximum atomic E-state index is 10.7. The van der Waals surface area contributed by atoms with Crippen molar-refractivity contribution in [2.75, 3.05) is 52.5 Å². The highest BCUT2D eigenvalue weighted by Crippen LogP contribution is 2.09. The second-order valence-electron chi connectivity index (χ2n) is 7.39. The van der Waals surface area contributed by atoms with Gasteiger partial charge in [0.1, 0.15) is 0 Å². The van der Waals surface area contributed by atoms with E-state index in [9.17, 15) is 5.11 Å². The van der Waals surface area contributed by atoms with E-state index in [1.54, 1.807) is 0 Å². The predicted molar refractivity (Wildman–Crippen MR) is 128 cm³/mol. The van der Waals surface area contributed by atoms with E-state index in [0.717, 1.165) is 45.0 Å². The van der Waals surface area contributed by atoms with Crippen molar-refractivity contribution in [3.63, 3.8) is 0 Å². The van der Waals surface area contributed by atoms with E-state index in [-0.39, 0.29) is 24.0 Å². The summed E-state index contributed by atoms with van der Waals surface area (Å²) in [6, 6.07) is 8.31. The molecular formula is C21H37IN4O3. The van der Waals surface area contributed by atoms with Gasteiger partial charge in [-0.05, 0) is 31.9 Å². The molecule has 1 atom stereocenters. The van der Waals surface area contributed by atoms with Crippen LogP contribution in [0.1, 0.15) is 31.9 Å². The van der Waals surface area contributed by atoms with Gasteiger partial charge in [-0.25, -0.2) is 4.99 Å². The van der Waals surface area contributed by atoms with Gasteiger partial charge in [-0.2, -0.15) is 0 Å². The first kappa shape index (κ1) is 26.1. The number of aliphatic hydroxyl groups is 1. The lowest BCUT2D eigenvalue weighted by atomic mass is 10.1. The molecule has 0 aliphatic carbocycles. The van der Waals surface area contributed by atoms with Crippen LogP contribution in [0.3, 0.4) is 0 Å². The van der Waals surface area contributed by atoms with E-state index in [0.29, 0.717) is 32.2 Å². The average Bonchev–Trinajstić information content (AvgIpc) is 2.70. The van der Waals surface area contributed by atoms with Crippen LogP contribution in [0.5, 0.6) is 0 Å². The highest BCUT2D eigenvalue weighted by atomic mass is 127. The highest BCUT2D eigenvalue weighted by Gasteiger charge is 2.25. The average molecular weight is 520 g/mol. The van der Waals surface area contributed by atoms with Gasteiger partial charge in [-0.1, -0.05) is 24.3 Å². The Labute approximate surface area is 192 Å². The molecule has 1 unspecified atom stereocenters. The minimum atomic E-state index is -0.839. The number of morpholine rings is 1. The molecule has 7 nitrogen and oxygen atoms in total. The Balaban J connectivity index is 0.00000420. The number of β-amino-alcohol motifs (C(OH)–C–C–N with tert-alkyl or cyclic N) is 1. The quantitative estimate of drug-likeness (QED) is 0.249. The van der Waals surface area contributed by atoms with Crippen molar-refractivity contribution in [2.45, 2.75) is 39.5 Å². The molecule has 0 radical (unpaired) electrons. The summed E-state index contributed by atoms with van der Waals surface area (Å²) in [5.41, 5.74) is 1.46. The van der Waals surface area contributed by atoms with Crippen molar-refractivity contribution in [1.82, 2.24) is 15.5 Å². The number of aliphatic imine (C=N–C) groups is 1. The second kappa shape index (κ2) is 14.1. The van der Waals surface area contributed by atoms with Crippen LogP contribution < -0.4 is 10.6 Å². The van der Waals surface area contributed by atoms with Gasteiger partial charge in [0.25, 0.3) is 0 Å². The molecule has 0 amide bonds. The lowest BCUT2D eigenvalue weighted by Crippen LogP contribution is -2.52. The van der Waals surface area contributed by atoms with Crippen molar-refractivity contribution in [3.05, 3.63) is 35.4 Å². The molecule has 0 saturated carbocycles. The summed E-state index contributed by atoms with van der Waals surface area (Å²) >= 11 is 0.